The second-order valence-electron chi connectivity index (χ2n) is 5.56. The summed E-state index contributed by atoms with van der Waals surface area (Å²) in [5, 5.41) is 6.95. The van der Waals surface area contributed by atoms with Gasteiger partial charge >= 0.3 is 6.03 Å². The molecular formula is C17H21N3O3. The standard InChI is InChI=1S/C17H21N3O3/c1-3-12-11-16(23-19-12)14-8-6-10-20(14)17(21)18-13-7-4-5-9-15(13)22-2/h4-5,7,9,11,14H,3,6,8,10H2,1-2H3,(H,18,21)/t14-/m1/s1. The summed E-state index contributed by atoms with van der Waals surface area (Å²) in [5.74, 6) is 1.40. The number of benzene rings is 1. The Labute approximate surface area is 135 Å². The summed E-state index contributed by atoms with van der Waals surface area (Å²) in [6, 6.07) is 9.12. The maximum Gasteiger partial charge on any atom is 0.322 e. The van der Waals surface area contributed by atoms with Gasteiger partial charge in [-0.15, -0.1) is 0 Å². The Kier molecular flexibility index (Phi) is 4.50. The number of rotatable bonds is 4. The quantitative estimate of drug-likeness (QED) is 0.936. The van der Waals surface area contributed by atoms with E-state index in [0.717, 1.165) is 30.7 Å². The molecule has 3 rings (SSSR count). The second kappa shape index (κ2) is 6.73. The first kappa shape index (κ1) is 15.4. The van der Waals surface area contributed by atoms with Crippen molar-refractivity contribution in [3.63, 3.8) is 0 Å². The van der Waals surface area contributed by atoms with Crippen molar-refractivity contribution in [1.82, 2.24) is 10.1 Å². The Hall–Kier alpha value is -2.50. The molecule has 0 unspecified atom stereocenters. The van der Waals surface area contributed by atoms with Gasteiger partial charge in [-0.05, 0) is 31.4 Å². The maximum absolute atomic E-state index is 12.6. The van der Waals surface area contributed by atoms with Gasteiger partial charge in [0.25, 0.3) is 0 Å². The zero-order valence-corrected chi connectivity index (χ0v) is 13.4. The van der Waals surface area contributed by atoms with Crippen LogP contribution >= 0.6 is 0 Å². The second-order valence-corrected chi connectivity index (χ2v) is 5.56. The summed E-state index contributed by atoms with van der Waals surface area (Å²) in [7, 11) is 1.59. The summed E-state index contributed by atoms with van der Waals surface area (Å²) in [6.07, 6.45) is 2.66. The molecule has 2 amide bonds. The minimum Gasteiger partial charge on any atom is -0.495 e. The SMILES string of the molecule is CCc1cc([C@H]2CCCN2C(=O)Nc2ccccc2OC)on1. The summed E-state index contributed by atoms with van der Waals surface area (Å²) >= 11 is 0. The van der Waals surface area contributed by atoms with Crippen LogP contribution in [0.4, 0.5) is 10.5 Å². The molecule has 122 valence electrons. The highest BCUT2D eigenvalue weighted by Crippen LogP contribution is 2.33. The monoisotopic (exact) mass is 315 g/mol. The van der Waals surface area contributed by atoms with Crippen LogP contribution in [-0.4, -0.2) is 29.7 Å². The van der Waals surface area contributed by atoms with Crippen molar-refractivity contribution >= 4 is 11.7 Å². The first-order valence-electron chi connectivity index (χ1n) is 7.89. The van der Waals surface area contributed by atoms with Gasteiger partial charge in [0.1, 0.15) is 5.75 Å². The number of anilines is 1. The van der Waals surface area contributed by atoms with Gasteiger partial charge < -0.3 is 19.5 Å². The van der Waals surface area contributed by atoms with Crippen LogP contribution in [-0.2, 0) is 6.42 Å². The Bertz CT molecular complexity index is 683. The molecule has 2 aromatic rings. The predicted molar refractivity (Wildman–Crippen MR) is 86.6 cm³/mol. The van der Waals surface area contributed by atoms with E-state index in [1.165, 1.54) is 0 Å². The number of aromatic nitrogens is 1. The van der Waals surface area contributed by atoms with E-state index in [2.05, 4.69) is 10.5 Å². The Balaban J connectivity index is 1.75. The molecular weight excluding hydrogens is 294 g/mol. The van der Waals surface area contributed by atoms with E-state index < -0.39 is 0 Å². The van der Waals surface area contributed by atoms with Crippen LogP contribution in [0.1, 0.15) is 37.3 Å². The highest BCUT2D eigenvalue weighted by molar-refractivity contribution is 5.91. The van der Waals surface area contributed by atoms with E-state index in [-0.39, 0.29) is 12.1 Å². The van der Waals surface area contributed by atoms with Gasteiger partial charge in [-0.3, -0.25) is 0 Å². The number of carbonyl (C=O) groups is 1. The number of methoxy groups -OCH3 is 1. The number of amides is 2. The molecule has 1 saturated heterocycles. The summed E-state index contributed by atoms with van der Waals surface area (Å²) < 4.78 is 10.7. The molecule has 1 aromatic carbocycles. The fraction of sp³-hybridized carbons (Fsp3) is 0.412. The lowest BCUT2D eigenvalue weighted by Crippen LogP contribution is -2.34. The van der Waals surface area contributed by atoms with Crippen molar-refractivity contribution < 1.29 is 14.1 Å². The molecule has 0 aliphatic carbocycles. The third-order valence-electron chi connectivity index (χ3n) is 4.13. The highest BCUT2D eigenvalue weighted by atomic mass is 16.5. The van der Waals surface area contributed by atoms with Crippen LogP contribution < -0.4 is 10.1 Å². The Morgan fingerprint density at radius 2 is 2.30 bits per heavy atom. The van der Waals surface area contributed by atoms with Crippen LogP contribution in [0.2, 0.25) is 0 Å². The van der Waals surface area contributed by atoms with Crippen molar-refractivity contribution in [3.8, 4) is 5.75 Å². The molecule has 6 nitrogen and oxygen atoms in total. The largest absolute Gasteiger partial charge is 0.495 e. The lowest BCUT2D eigenvalue weighted by Gasteiger charge is -2.23. The number of urea groups is 1. The molecule has 1 aromatic heterocycles. The number of aryl methyl sites for hydroxylation is 1. The number of likely N-dealkylation sites (tertiary alicyclic amines) is 1. The lowest BCUT2D eigenvalue weighted by atomic mass is 10.1. The molecule has 1 N–H and O–H groups in total. The third kappa shape index (κ3) is 3.16. The van der Waals surface area contributed by atoms with Gasteiger partial charge in [0, 0.05) is 12.6 Å². The Morgan fingerprint density at radius 3 is 3.04 bits per heavy atom. The molecule has 0 saturated carbocycles. The van der Waals surface area contributed by atoms with Crippen LogP contribution in [0.15, 0.2) is 34.9 Å². The number of hydrogen-bond donors (Lipinski definition) is 1. The van der Waals surface area contributed by atoms with Crippen molar-refractivity contribution in [2.24, 2.45) is 0 Å². The molecule has 0 radical (unpaired) electrons. The smallest absolute Gasteiger partial charge is 0.322 e. The van der Waals surface area contributed by atoms with Gasteiger partial charge in [0.05, 0.1) is 24.5 Å². The molecule has 23 heavy (non-hydrogen) atoms. The van der Waals surface area contributed by atoms with E-state index in [9.17, 15) is 4.79 Å². The molecule has 1 atom stereocenters. The number of para-hydroxylation sites is 2. The highest BCUT2D eigenvalue weighted by Gasteiger charge is 2.33. The number of carbonyl (C=O) groups excluding carboxylic acids is 1. The normalized spacial score (nSPS) is 17.3. The average molecular weight is 315 g/mol. The Morgan fingerprint density at radius 1 is 1.48 bits per heavy atom. The summed E-state index contributed by atoms with van der Waals surface area (Å²) in [4.78, 5) is 14.4. The van der Waals surface area contributed by atoms with Crippen LogP contribution in [0.3, 0.4) is 0 Å². The van der Waals surface area contributed by atoms with E-state index in [4.69, 9.17) is 9.26 Å². The summed E-state index contributed by atoms with van der Waals surface area (Å²) in [6.45, 7) is 2.73. The minimum absolute atomic E-state index is 0.0579. The van der Waals surface area contributed by atoms with Crippen molar-refractivity contribution in [2.45, 2.75) is 32.2 Å². The minimum atomic E-state index is -0.147. The average Bonchev–Trinajstić information content (AvgIpc) is 3.23. The van der Waals surface area contributed by atoms with Crippen molar-refractivity contribution in [2.75, 3.05) is 19.0 Å². The van der Waals surface area contributed by atoms with Gasteiger partial charge in [-0.1, -0.05) is 24.2 Å². The molecule has 2 heterocycles. The number of nitrogens with zero attached hydrogens (tertiary/aromatic N) is 2. The van der Waals surface area contributed by atoms with E-state index in [0.29, 0.717) is 18.0 Å². The van der Waals surface area contributed by atoms with Gasteiger partial charge in [0.15, 0.2) is 5.76 Å². The van der Waals surface area contributed by atoms with Crippen LogP contribution in [0.5, 0.6) is 5.75 Å². The molecule has 1 aliphatic rings. The maximum atomic E-state index is 12.6. The molecule has 1 aliphatic heterocycles. The predicted octanol–water partition coefficient (Wildman–Crippen LogP) is 3.61. The number of ether oxygens (including phenoxy) is 1. The number of hydrogen-bond acceptors (Lipinski definition) is 4. The van der Waals surface area contributed by atoms with Gasteiger partial charge in [-0.25, -0.2) is 4.79 Å². The third-order valence-corrected chi connectivity index (χ3v) is 4.13. The van der Waals surface area contributed by atoms with Crippen LogP contribution in [0, 0.1) is 0 Å². The number of nitrogens with one attached hydrogen (secondary N) is 1. The van der Waals surface area contributed by atoms with Crippen molar-refractivity contribution in [3.05, 3.63) is 41.8 Å². The molecule has 1 fully saturated rings. The molecule has 0 bridgehead atoms. The van der Waals surface area contributed by atoms with Gasteiger partial charge in [-0.2, -0.15) is 0 Å². The fourth-order valence-electron chi connectivity index (χ4n) is 2.89. The first-order chi connectivity index (χ1) is 11.2. The zero-order valence-electron chi connectivity index (χ0n) is 13.4. The summed E-state index contributed by atoms with van der Waals surface area (Å²) in [5.41, 5.74) is 1.58. The topological polar surface area (TPSA) is 67.6 Å². The van der Waals surface area contributed by atoms with Crippen LogP contribution in [0.25, 0.3) is 0 Å². The molecule has 0 spiro atoms. The van der Waals surface area contributed by atoms with E-state index in [1.54, 1.807) is 12.0 Å². The first-order valence-corrected chi connectivity index (χ1v) is 7.89. The van der Waals surface area contributed by atoms with Crippen molar-refractivity contribution in [1.29, 1.82) is 0 Å². The lowest BCUT2D eigenvalue weighted by molar-refractivity contribution is 0.195. The molecule has 6 heteroatoms. The van der Waals surface area contributed by atoms with E-state index >= 15 is 0 Å². The van der Waals surface area contributed by atoms with Gasteiger partial charge in [0.2, 0.25) is 0 Å². The fourth-order valence-corrected chi connectivity index (χ4v) is 2.89. The zero-order chi connectivity index (χ0) is 16.2. The van der Waals surface area contributed by atoms with E-state index in [1.807, 2.05) is 37.3 Å².